The predicted molar refractivity (Wildman–Crippen MR) is 99.7 cm³/mol. The molecule has 0 spiro atoms. The van der Waals surface area contributed by atoms with Crippen molar-refractivity contribution in [3.8, 4) is 5.75 Å². The lowest BCUT2D eigenvalue weighted by molar-refractivity contribution is -0.118. The van der Waals surface area contributed by atoms with Gasteiger partial charge in [-0.25, -0.2) is 0 Å². The molecular formula is C17H13Cl2N3O2S. The van der Waals surface area contributed by atoms with E-state index < -0.39 is 0 Å². The van der Waals surface area contributed by atoms with Crippen LogP contribution in [0.25, 0.3) is 0 Å². The van der Waals surface area contributed by atoms with Crippen molar-refractivity contribution in [2.75, 3.05) is 11.9 Å². The van der Waals surface area contributed by atoms with E-state index in [9.17, 15) is 4.79 Å². The molecule has 0 aliphatic carbocycles. The van der Waals surface area contributed by atoms with Crippen LogP contribution in [0.5, 0.6) is 5.75 Å². The van der Waals surface area contributed by atoms with Gasteiger partial charge in [0.1, 0.15) is 10.8 Å². The van der Waals surface area contributed by atoms with Crippen molar-refractivity contribution in [2.24, 2.45) is 0 Å². The van der Waals surface area contributed by atoms with Gasteiger partial charge in [0.25, 0.3) is 5.91 Å². The summed E-state index contributed by atoms with van der Waals surface area (Å²) in [7, 11) is 0. The first-order valence-corrected chi connectivity index (χ1v) is 8.91. The number of benzene rings is 2. The van der Waals surface area contributed by atoms with Gasteiger partial charge in [-0.1, -0.05) is 64.9 Å². The number of nitrogens with one attached hydrogen (secondary N) is 1. The summed E-state index contributed by atoms with van der Waals surface area (Å²) in [6.45, 7) is -0.186. The van der Waals surface area contributed by atoms with Crippen molar-refractivity contribution in [1.82, 2.24) is 10.2 Å². The highest BCUT2D eigenvalue weighted by atomic mass is 35.5. The number of hydrogen-bond acceptors (Lipinski definition) is 5. The van der Waals surface area contributed by atoms with Gasteiger partial charge in [-0.05, 0) is 23.8 Å². The maximum absolute atomic E-state index is 12.0. The summed E-state index contributed by atoms with van der Waals surface area (Å²) < 4.78 is 5.38. The maximum atomic E-state index is 12.0. The molecular weight excluding hydrogens is 381 g/mol. The fourth-order valence-electron chi connectivity index (χ4n) is 2.04. The Bertz CT molecular complexity index is 871. The highest BCUT2D eigenvalue weighted by Crippen LogP contribution is 2.27. The average Bonchev–Trinajstić information content (AvgIpc) is 3.02. The number of carbonyl (C=O) groups excluding carboxylic acids is 1. The molecule has 1 amide bonds. The van der Waals surface area contributed by atoms with Crippen molar-refractivity contribution in [2.45, 2.75) is 6.42 Å². The third kappa shape index (κ3) is 5.16. The molecule has 0 saturated heterocycles. The summed E-state index contributed by atoms with van der Waals surface area (Å²) in [5.41, 5.74) is 1.14. The second-order valence-electron chi connectivity index (χ2n) is 5.07. The molecule has 2 aromatic carbocycles. The molecule has 0 fully saturated rings. The van der Waals surface area contributed by atoms with Crippen LogP contribution in [0.3, 0.4) is 0 Å². The number of halogens is 2. The van der Waals surface area contributed by atoms with E-state index in [0.717, 1.165) is 10.6 Å². The van der Waals surface area contributed by atoms with Crippen LogP contribution in [0.15, 0.2) is 48.5 Å². The average molecular weight is 394 g/mol. The molecule has 1 N–H and O–H groups in total. The Morgan fingerprint density at radius 3 is 2.68 bits per heavy atom. The van der Waals surface area contributed by atoms with E-state index in [1.807, 2.05) is 30.3 Å². The van der Waals surface area contributed by atoms with Crippen LogP contribution in [0.4, 0.5) is 5.13 Å². The van der Waals surface area contributed by atoms with E-state index >= 15 is 0 Å². The number of aromatic nitrogens is 2. The van der Waals surface area contributed by atoms with Gasteiger partial charge in [-0.15, -0.1) is 10.2 Å². The zero-order valence-corrected chi connectivity index (χ0v) is 15.2. The normalized spacial score (nSPS) is 10.5. The largest absolute Gasteiger partial charge is 0.482 e. The Labute approximate surface area is 158 Å². The van der Waals surface area contributed by atoms with Crippen molar-refractivity contribution < 1.29 is 9.53 Å². The molecule has 128 valence electrons. The number of anilines is 1. The number of carbonyl (C=O) groups is 1. The van der Waals surface area contributed by atoms with Gasteiger partial charge in [-0.2, -0.15) is 0 Å². The SMILES string of the molecule is O=C(COc1ccc(Cl)cc1Cl)Nc1nnc(Cc2ccccc2)s1. The quantitative estimate of drug-likeness (QED) is 0.671. The molecule has 1 aromatic heterocycles. The Balaban J connectivity index is 1.53. The lowest BCUT2D eigenvalue weighted by Crippen LogP contribution is -2.20. The van der Waals surface area contributed by atoms with E-state index in [1.54, 1.807) is 18.2 Å². The Morgan fingerprint density at radius 2 is 1.92 bits per heavy atom. The van der Waals surface area contributed by atoms with E-state index in [1.165, 1.54) is 11.3 Å². The molecule has 0 atom stereocenters. The molecule has 25 heavy (non-hydrogen) atoms. The summed E-state index contributed by atoms with van der Waals surface area (Å²) in [6.07, 6.45) is 0.672. The fraction of sp³-hybridized carbons (Fsp3) is 0.118. The summed E-state index contributed by atoms with van der Waals surface area (Å²) in [5.74, 6) is 0.0525. The maximum Gasteiger partial charge on any atom is 0.264 e. The minimum Gasteiger partial charge on any atom is -0.482 e. The number of rotatable bonds is 6. The highest BCUT2D eigenvalue weighted by molar-refractivity contribution is 7.15. The molecule has 0 aliphatic rings. The third-order valence-electron chi connectivity index (χ3n) is 3.16. The van der Waals surface area contributed by atoms with Crippen molar-refractivity contribution in [3.05, 3.63) is 69.1 Å². The van der Waals surface area contributed by atoms with Crippen LogP contribution in [-0.4, -0.2) is 22.7 Å². The number of nitrogens with zero attached hydrogens (tertiary/aromatic N) is 2. The first kappa shape index (κ1) is 17.7. The molecule has 1 heterocycles. The molecule has 0 unspecified atom stereocenters. The summed E-state index contributed by atoms with van der Waals surface area (Å²) >= 11 is 13.1. The molecule has 3 rings (SSSR count). The zero-order valence-electron chi connectivity index (χ0n) is 12.9. The minimum atomic E-state index is -0.339. The molecule has 3 aromatic rings. The monoisotopic (exact) mass is 393 g/mol. The summed E-state index contributed by atoms with van der Waals surface area (Å²) in [4.78, 5) is 12.0. The molecule has 0 saturated carbocycles. The second kappa shape index (κ2) is 8.29. The molecule has 0 aliphatic heterocycles. The topological polar surface area (TPSA) is 64.1 Å². The molecule has 8 heteroatoms. The number of ether oxygens (including phenoxy) is 1. The fourth-order valence-corrected chi connectivity index (χ4v) is 3.29. The minimum absolute atomic E-state index is 0.186. The third-order valence-corrected chi connectivity index (χ3v) is 4.53. The highest BCUT2D eigenvalue weighted by Gasteiger charge is 2.10. The van der Waals surface area contributed by atoms with Crippen LogP contribution in [0.2, 0.25) is 10.0 Å². The van der Waals surface area contributed by atoms with Crippen LogP contribution >= 0.6 is 34.5 Å². The Kier molecular flexibility index (Phi) is 5.86. The first-order valence-electron chi connectivity index (χ1n) is 7.34. The molecule has 0 radical (unpaired) electrons. The Morgan fingerprint density at radius 1 is 1.12 bits per heavy atom. The summed E-state index contributed by atoms with van der Waals surface area (Å²) in [5, 5.41) is 12.8. The van der Waals surface area contributed by atoms with E-state index in [2.05, 4.69) is 15.5 Å². The molecule has 0 bridgehead atoms. The van der Waals surface area contributed by atoms with Gasteiger partial charge in [0.2, 0.25) is 5.13 Å². The van der Waals surface area contributed by atoms with E-state index in [4.69, 9.17) is 27.9 Å². The van der Waals surface area contributed by atoms with Crippen LogP contribution in [0, 0.1) is 0 Å². The van der Waals surface area contributed by atoms with Gasteiger partial charge < -0.3 is 4.74 Å². The number of amides is 1. The smallest absolute Gasteiger partial charge is 0.264 e. The van der Waals surface area contributed by atoms with Crippen LogP contribution in [0.1, 0.15) is 10.6 Å². The zero-order chi connectivity index (χ0) is 17.6. The van der Waals surface area contributed by atoms with Gasteiger partial charge in [0.15, 0.2) is 6.61 Å². The van der Waals surface area contributed by atoms with Crippen molar-refractivity contribution >= 4 is 45.6 Å². The predicted octanol–water partition coefficient (Wildman–Crippen LogP) is 4.45. The summed E-state index contributed by atoms with van der Waals surface area (Å²) in [6, 6.07) is 14.7. The van der Waals surface area contributed by atoms with E-state index in [0.29, 0.717) is 27.3 Å². The van der Waals surface area contributed by atoms with Crippen LogP contribution in [-0.2, 0) is 11.2 Å². The Hall–Kier alpha value is -2.15. The number of hydrogen-bond donors (Lipinski definition) is 1. The van der Waals surface area contributed by atoms with Crippen molar-refractivity contribution in [3.63, 3.8) is 0 Å². The standard InChI is InChI=1S/C17H13Cl2N3O2S/c18-12-6-7-14(13(19)9-12)24-10-15(23)20-17-22-21-16(25-17)8-11-4-2-1-3-5-11/h1-7,9H,8,10H2,(H,20,22,23). The lowest BCUT2D eigenvalue weighted by atomic mass is 10.2. The second-order valence-corrected chi connectivity index (χ2v) is 6.98. The van der Waals surface area contributed by atoms with Gasteiger partial charge in [-0.3, -0.25) is 10.1 Å². The van der Waals surface area contributed by atoms with Gasteiger partial charge >= 0.3 is 0 Å². The van der Waals surface area contributed by atoms with Crippen molar-refractivity contribution in [1.29, 1.82) is 0 Å². The van der Waals surface area contributed by atoms with E-state index in [-0.39, 0.29) is 12.5 Å². The first-order chi connectivity index (χ1) is 12.1. The van der Waals surface area contributed by atoms with Gasteiger partial charge in [0, 0.05) is 11.4 Å². The van der Waals surface area contributed by atoms with Crippen LogP contribution < -0.4 is 10.1 Å². The lowest BCUT2D eigenvalue weighted by Gasteiger charge is -2.07. The van der Waals surface area contributed by atoms with Gasteiger partial charge in [0.05, 0.1) is 5.02 Å². The molecule has 5 nitrogen and oxygen atoms in total.